The monoisotopic (exact) mass is 401 g/mol. The predicted molar refractivity (Wildman–Crippen MR) is 104 cm³/mol. The van der Waals surface area contributed by atoms with Crippen molar-refractivity contribution in [2.45, 2.75) is 13.8 Å². The van der Waals surface area contributed by atoms with Gasteiger partial charge in [0.05, 0.1) is 15.5 Å². The number of aliphatic carboxylic acids is 2. The zero-order valence-corrected chi connectivity index (χ0v) is 15.8. The van der Waals surface area contributed by atoms with Crippen LogP contribution in [0.25, 0.3) is 4.91 Å². The molecular formula is C15H19N3O6S2. The number of nitrogens with zero attached hydrogens (tertiary/aromatic N) is 2. The lowest BCUT2D eigenvalue weighted by atomic mass is 10.1. The van der Waals surface area contributed by atoms with E-state index in [1.807, 2.05) is 0 Å². The van der Waals surface area contributed by atoms with E-state index in [0.29, 0.717) is 0 Å². The Hall–Kier alpha value is -2.66. The molecule has 26 heavy (non-hydrogen) atoms. The molecule has 1 aliphatic rings. The van der Waals surface area contributed by atoms with Gasteiger partial charge >= 0.3 is 16.9 Å². The van der Waals surface area contributed by atoms with Gasteiger partial charge in [-0.3, -0.25) is 14.5 Å². The normalized spacial score (nSPS) is 19.7. The number of hydrogen-bond acceptors (Lipinski definition) is 7. The molecule has 0 fully saturated rings. The number of carboxylic acids is 2. The second-order valence-corrected chi connectivity index (χ2v) is 12.2. The summed E-state index contributed by atoms with van der Waals surface area (Å²) in [4.78, 5) is 34.7. The van der Waals surface area contributed by atoms with Crippen molar-refractivity contribution in [1.82, 2.24) is 0 Å². The summed E-state index contributed by atoms with van der Waals surface area (Å²) < 4.78 is 4.30. The Bertz CT molecular complexity index is 910. The summed E-state index contributed by atoms with van der Waals surface area (Å²) in [6, 6.07) is 2.67. The first kappa shape index (κ1) is 19.7. The van der Waals surface area contributed by atoms with Crippen molar-refractivity contribution < 1.29 is 24.7 Å². The zero-order valence-electron chi connectivity index (χ0n) is 14.1. The number of rotatable bonds is 7. The Morgan fingerprint density at radius 2 is 1.81 bits per heavy atom. The molecule has 4 N–H and O–H groups in total. The third kappa shape index (κ3) is 2.27. The van der Waals surface area contributed by atoms with Crippen molar-refractivity contribution in [3.8, 4) is 0 Å². The number of thiol groups is 1. The van der Waals surface area contributed by atoms with Gasteiger partial charge in [0, 0.05) is 15.8 Å². The van der Waals surface area contributed by atoms with Gasteiger partial charge in [-0.1, -0.05) is 25.2 Å². The van der Waals surface area contributed by atoms with E-state index in [-0.39, 0.29) is 31.3 Å². The van der Waals surface area contributed by atoms with Gasteiger partial charge in [-0.2, -0.15) is 9.35 Å². The molecule has 2 rings (SSSR count). The van der Waals surface area contributed by atoms with E-state index in [1.54, 1.807) is 13.8 Å². The SMILES string of the molecule is C=N[SH]1(CC)(CC)C(N)=C(C(=O)O)C(C(=O)O)=C1c1ccc([N+](=O)[O-])s1. The van der Waals surface area contributed by atoms with E-state index >= 15 is 0 Å². The van der Waals surface area contributed by atoms with Crippen LogP contribution in [-0.2, 0) is 9.59 Å². The fourth-order valence-electron chi connectivity index (χ4n) is 3.48. The highest BCUT2D eigenvalue weighted by Crippen LogP contribution is 2.86. The van der Waals surface area contributed by atoms with E-state index in [9.17, 15) is 29.9 Å². The summed E-state index contributed by atoms with van der Waals surface area (Å²) in [5.41, 5.74) is 5.28. The summed E-state index contributed by atoms with van der Waals surface area (Å²) >= 11 is 0.772. The molecule has 0 aliphatic carbocycles. The molecule has 1 aliphatic heterocycles. The second-order valence-electron chi connectivity index (χ2n) is 5.71. The second kappa shape index (κ2) is 6.25. The maximum atomic E-state index is 12.0. The smallest absolute Gasteiger partial charge is 0.339 e. The van der Waals surface area contributed by atoms with Crippen molar-refractivity contribution in [2.75, 3.05) is 11.5 Å². The van der Waals surface area contributed by atoms with E-state index in [1.165, 1.54) is 12.1 Å². The largest absolute Gasteiger partial charge is 0.478 e. The van der Waals surface area contributed by atoms with Gasteiger partial charge in [0.25, 0.3) is 0 Å². The Morgan fingerprint density at radius 3 is 2.15 bits per heavy atom. The lowest BCUT2D eigenvalue weighted by Crippen LogP contribution is -2.27. The highest BCUT2D eigenvalue weighted by Gasteiger charge is 2.55. The van der Waals surface area contributed by atoms with Gasteiger partial charge in [0.15, 0.2) is 0 Å². The predicted octanol–water partition coefficient (Wildman–Crippen LogP) is 2.45. The number of hydrogen-bond donors (Lipinski definition) is 4. The molecule has 0 saturated carbocycles. The van der Waals surface area contributed by atoms with Crippen LogP contribution in [0, 0.1) is 10.1 Å². The van der Waals surface area contributed by atoms with Crippen LogP contribution in [0.4, 0.5) is 5.00 Å². The minimum atomic E-state index is -3.78. The molecule has 0 atom stereocenters. The molecule has 0 radical (unpaired) electrons. The Kier molecular flexibility index (Phi) is 4.73. The minimum Gasteiger partial charge on any atom is -0.478 e. The molecule has 0 saturated heterocycles. The zero-order chi connectivity index (χ0) is 19.9. The maximum absolute atomic E-state index is 12.0. The van der Waals surface area contributed by atoms with E-state index < -0.39 is 37.4 Å². The van der Waals surface area contributed by atoms with Crippen molar-refractivity contribution in [2.24, 2.45) is 10.1 Å². The van der Waals surface area contributed by atoms with Gasteiger partial charge in [-0.05, 0) is 24.3 Å². The lowest BCUT2D eigenvalue weighted by molar-refractivity contribution is -0.380. The van der Waals surface area contributed by atoms with Crippen molar-refractivity contribution >= 4 is 49.2 Å². The average Bonchev–Trinajstić information content (AvgIpc) is 3.15. The Morgan fingerprint density at radius 1 is 1.27 bits per heavy atom. The number of carboxylic acid groups (broad SMARTS) is 2. The van der Waals surface area contributed by atoms with Crippen LogP contribution in [-0.4, -0.2) is 45.3 Å². The van der Waals surface area contributed by atoms with Crippen LogP contribution in [0.5, 0.6) is 0 Å². The summed E-state index contributed by atoms with van der Waals surface area (Å²) in [6.45, 7) is 7.12. The van der Waals surface area contributed by atoms with Crippen molar-refractivity contribution in [3.05, 3.63) is 43.3 Å². The van der Waals surface area contributed by atoms with Gasteiger partial charge in [0.2, 0.25) is 0 Å². The molecule has 0 spiro atoms. The molecule has 0 bridgehead atoms. The minimum absolute atomic E-state index is 0.0908. The molecule has 0 unspecified atom stereocenters. The first-order valence-corrected chi connectivity index (χ1v) is 10.9. The van der Waals surface area contributed by atoms with Crippen LogP contribution in [0.2, 0.25) is 0 Å². The van der Waals surface area contributed by atoms with Gasteiger partial charge in [0.1, 0.15) is 5.57 Å². The molecular weight excluding hydrogens is 382 g/mol. The fraction of sp³-hybridized carbons (Fsp3) is 0.267. The fourth-order valence-corrected chi connectivity index (χ4v) is 9.80. The first-order chi connectivity index (χ1) is 12.1. The first-order valence-electron chi connectivity index (χ1n) is 7.56. The standard InChI is InChI=1S/C15H19N3O6S2/c1-4-26(5-2,17-3)12(8-6-7-9(25-8)18(23)24)10(14(19)20)11(13(26)16)15(21)22/h6-7,26H,3-5,16H2,1-2H3,(H,19,20)(H,21,22). The quantitative estimate of drug-likeness (QED) is 0.236. The van der Waals surface area contributed by atoms with Crippen LogP contribution in [0.3, 0.4) is 0 Å². The molecule has 142 valence electrons. The topological polar surface area (TPSA) is 156 Å². The number of thiophene rings is 1. The Labute approximate surface area is 153 Å². The molecule has 0 aromatic carbocycles. The van der Waals surface area contributed by atoms with Crippen LogP contribution in [0.1, 0.15) is 18.7 Å². The molecule has 9 nitrogen and oxygen atoms in total. The number of carbonyl (C=O) groups is 2. The lowest BCUT2D eigenvalue weighted by Gasteiger charge is -2.57. The highest BCUT2D eigenvalue weighted by molar-refractivity contribution is 8.58. The van der Waals surface area contributed by atoms with E-state index in [0.717, 1.165) is 11.3 Å². The van der Waals surface area contributed by atoms with Gasteiger partial charge in [-0.25, -0.2) is 9.59 Å². The highest BCUT2D eigenvalue weighted by atomic mass is 32.3. The summed E-state index contributed by atoms with van der Waals surface area (Å²) in [5, 5.41) is 30.1. The average molecular weight is 401 g/mol. The number of nitrogens with two attached hydrogens (primary N) is 1. The third-order valence-corrected chi connectivity index (χ3v) is 12.5. The van der Waals surface area contributed by atoms with Crippen molar-refractivity contribution in [1.29, 1.82) is 0 Å². The van der Waals surface area contributed by atoms with Crippen LogP contribution >= 0.6 is 20.7 Å². The van der Waals surface area contributed by atoms with Crippen molar-refractivity contribution in [3.63, 3.8) is 0 Å². The van der Waals surface area contributed by atoms with Crippen LogP contribution < -0.4 is 5.73 Å². The van der Waals surface area contributed by atoms with Gasteiger partial charge < -0.3 is 15.9 Å². The summed E-state index contributed by atoms with van der Waals surface area (Å²) in [5.74, 6) is -2.40. The molecule has 2 heterocycles. The molecule has 1 aromatic heterocycles. The maximum Gasteiger partial charge on any atom is 0.339 e. The van der Waals surface area contributed by atoms with E-state index in [4.69, 9.17) is 5.73 Å². The number of nitro groups is 1. The van der Waals surface area contributed by atoms with E-state index in [2.05, 4.69) is 11.1 Å². The molecule has 1 aromatic rings. The molecule has 0 amide bonds. The summed E-state index contributed by atoms with van der Waals surface area (Å²) in [7, 11) is -3.78. The van der Waals surface area contributed by atoms with Crippen LogP contribution in [0.15, 0.2) is 32.7 Å². The molecule has 11 heteroatoms. The van der Waals surface area contributed by atoms with Gasteiger partial charge in [-0.15, -0.1) is 0 Å². The summed E-state index contributed by atoms with van der Waals surface area (Å²) in [6.07, 6.45) is 0. The third-order valence-electron chi connectivity index (χ3n) is 4.98. The Balaban J connectivity index is 3.06.